The molecule has 1 saturated heterocycles. The van der Waals surface area contributed by atoms with Crippen LogP contribution in [0.3, 0.4) is 0 Å². The molecule has 0 atom stereocenters. The number of piperidine rings is 1. The second-order valence-electron chi connectivity index (χ2n) is 5.91. The normalized spacial score (nSPS) is 18.2. The first-order chi connectivity index (χ1) is 9.55. The summed E-state index contributed by atoms with van der Waals surface area (Å²) in [5, 5.41) is 0. The van der Waals surface area contributed by atoms with Crippen molar-refractivity contribution in [3.63, 3.8) is 0 Å². The van der Waals surface area contributed by atoms with E-state index in [9.17, 15) is 4.39 Å². The third-order valence-electron chi connectivity index (χ3n) is 3.93. The van der Waals surface area contributed by atoms with Gasteiger partial charge in [0.2, 0.25) is 0 Å². The minimum Gasteiger partial charge on any atom is -0.329 e. The highest BCUT2D eigenvalue weighted by Gasteiger charge is 2.31. The molecule has 2 nitrogen and oxygen atoms in total. The van der Waals surface area contributed by atoms with Crippen LogP contribution < -0.4 is 5.73 Å². The Labute approximate surface area is 123 Å². The summed E-state index contributed by atoms with van der Waals surface area (Å²) < 4.78 is 13.3. The molecule has 0 aliphatic carbocycles. The van der Waals surface area contributed by atoms with Crippen LogP contribution in [0.1, 0.15) is 45.6 Å². The number of hydrogen-bond donors (Lipinski definition) is 1. The molecule has 1 aliphatic rings. The summed E-state index contributed by atoms with van der Waals surface area (Å²) in [6, 6.07) is 7.04. The molecule has 0 amide bonds. The Bertz CT molecular complexity index is 384. The highest BCUT2D eigenvalue weighted by Crippen LogP contribution is 2.34. The predicted octanol–water partition coefficient (Wildman–Crippen LogP) is 3.55. The van der Waals surface area contributed by atoms with Gasteiger partial charge in [0.05, 0.1) is 0 Å². The smallest absolute Gasteiger partial charge is 0.123 e. The summed E-state index contributed by atoms with van der Waals surface area (Å²) in [5.74, 6) is -0.131. The van der Waals surface area contributed by atoms with Gasteiger partial charge in [0, 0.05) is 13.1 Å². The lowest BCUT2D eigenvalue weighted by Gasteiger charge is -2.39. The molecule has 20 heavy (non-hydrogen) atoms. The van der Waals surface area contributed by atoms with E-state index in [2.05, 4.69) is 25.7 Å². The first-order valence-electron chi connectivity index (χ1n) is 7.74. The van der Waals surface area contributed by atoms with Crippen LogP contribution in [-0.4, -0.2) is 31.1 Å². The molecule has 2 rings (SSSR count). The van der Waals surface area contributed by atoms with Crippen molar-refractivity contribution in [2.75, 3.05) is 26.2 Å². The Balaban J connectivity index is 0.000000612. The van der Waals surface area contributed by atoms with Gasteiger partial charge in [0.1, 0.15) is 5.82 Å². The first-order valence-corrected chi connectivity index (χ1v) is 7.74. The van der Waals surface area contributed by atoms with E-state index >= 15 is 0 Å². The number of likely N-dealkylation sites (tertiary alicyclic amines) is 1. The SMILES string of the molecule is CC1(c2cccc(F)c2)CCN(CCN)CC1.CCC. The van der Waals surface area contributed by atoms with E-state index < -0.39 is 0 Å². The lowest BCUT2D eigenvalue weighted by Crippen LogP contribution is -2.42. The molecule has 3 heteroatoms. The van der Waals surface area contributed by atoms with Gasteiger partial charge in [-0.3, -0.25) is 0 Å². The molecule has 1 fully saturated rings. The first kappa shape index (κ1) is 17.1. The minimum atomic E-state index is -0.131. The molecular weight excluding hydrogens is 251 g/mol. The molecule has 1 aromatic carbocycles. The third-order valence-corrected chi connectivity index (χ3v) is 3.93. The average Bonchev–Trinajstić information content (AvgIpc) is 2.43. The van der Waals surface area contributed by atoms with Gasteiger partial charge >= 0.3 is 0 Å². The van der Waals surface area contributed by atoms with Gasteiger partial charge < -0.3 is 10.6 Å². The summed E-state index contributed by atoms with van der Waals surface area (Å²) >= 11 is 0. The van der Waals surface area contributed by atoms with Crippen molar-refractivity contribution in [1.82, 2.24) is 4.90 Å². The number of hydrogen-bond acceptors (Lipinski definition) is 2. The average molecular weight is 280 g/mol. The van der Waals surface area contributed by atoms with Gasteiger partial charge in [-0.15, -0.1) is 0 Å². The minimum absolute atomic E-state index is 0.118. The van der Waals surface area contributed by atoms with Crippen molar-refractivity contribution in [2.45, 2.75) is 45.4 Å². The summed E-state index contributed by atoms with van der Waals surface area (Å²) in [6.07, 6.45) is 3.41. The van der Waals surface area contributed by atoms with Crippen molar-refractivity contribution < 1.29 is 4.39 Å². The fourth-order valence-electron chi connectivity index (χ4n) is 2.61. The Morgan fingerprint density at radius 1 is 1.25 bits per heavy atom. The lowest BCUT2D eigenvalue weighted by molar-refractivity contribution is 0.172. The molecule has 2 N–H and O–H groups in total. The van der Waals surface area contributed by atoms with Crippen LogP contribution in [0.5, 0.6) is 0 Å². The van der Waals surface area contributed by atoms with Crippen LogP contribution in [0.15, 0.2) is 24.3 Å². The number of nitrogens with zero attached hydrogens (tertiary/aromatic N) is 1. The molecule has 1 aliphatic heterocycles. The van der Waals surface area contributed by atoms with Crippen LogP contribution in [0.4, 0.5) is 4.39 Å². The van der Waals surface area contributed by atoms with Crippen LogP contribution in [0.25, 0.3) is 0 Å². The molecule has 1 heterocycles. The highest BCUT2D eigenvalue weighted by molar-refractivity contribution is 5.26. The predicted molar refractivity (Wildman–Crippen MR) is 84.4 cm³/mol. The van der Waals surface area contributed by atoms with Gasteiger partial charge in [-0.05, 0) is 49.0 Å². The maximum Gasteiger partial charge on any atom is 0.123 e. The van der Waals surface area contributed by atoms with Crippen LogP contribution in [-0.2, 0) is 5.41 Å². The Morgan fingerprint density at radius 3 is 2.35 bits per heavy atom. The zero-order chi connectivity index (χ0) is 15.0. The summed E-state index contributed by atoms with van der Waals surface area (Å²) in [5.41, 5.74) is 6.81. The van der Waals surface area contributed by atoms with E-state index in [0.717, 1.165) is 44.6 Å². The monoisotopic (exact) mass is 280 g/mol. The highest BCUT2D eigenvalue weighted by atomic mass is 19.1. The van der Waals surface area contributed by atoms with Gasteiger partial charge in [-0.25, -0.2) is 4.39 Å². The van der Waals surface area contributed by atoms with Crippen LogP contribution >= 0.6 is 0 Å². The molecule has 0 spiro atoms. The number of halogens is 1. The van der Waals surface area contributed by atoms with Crippen LogP contribution in [0.2, 0.25) is 0 Å². The molecule has 0 unspecified atom stereocenters. The molecule has 1 aromatic rings. The van der Waals surface area contributed by atoms with Gasteiger partial charge in [0.25, 0.3) is 0 Å². The summed E-state index contributed by atoms with van der Waals surface area (Å²) in [7, 11) is 0. The zero-order valence-corrected chi connectivity index (χ0v) is 13.2. The second-order valence-corrected chi connectivity index (χ2v) is 5.91. The quantitative estimate of drug-likeness (QED) is 0.917. The molecule has 0 saturated carbocycles. The number of benzene rings is 1. The number of rotatable bonds is 3. The van der Waals surface area contributed by atoms with Crippen molar-refractivity contribution in [2.24, 2.45) is 5.73 Å². The molecule has 0 bridgehead atoms. The topological polar surface area (TPSA) is 29.3 Å². The van der Waals surface area contributed by atoms with Crippen LogP contribution in [0, 0.1) is 5.82 Å². The second kappa shape index (κ2) is 8.38. The zero-order valence-electron chi connectivity index (χ0n) is 13.2. The Morgan fingerprint density at radius 2 is 1.85 bits per heavy atom. The van der Waals surface area contributed by atoms with Gasteiger partial charge in [-0.2, -0.15) is 0 Å². The van der Waals surface area contributed by atoms with E-state index in [4.69, 9.17) is 5.73 Å². The fourth-order valence-corrected chi connectivity index (χ4v) is 2.61. The molecular formula is C17H29FN2. The van der Waals surface area contributed by atoms with E-state index in [1.807, 2.05) is 12.1 Å². The molecule has 114 valence electrons. The van der Waals surface area contributed by atoms with Gasteiger partial charge in [0.15, 0.2) is 0 Å². The number of nitrogens with two attached hydrogens (primary N) is 1. The maximum atomic E-state index is 13.3. The van der Waals surface area contributed by atoms with E-state index in [0.29, 0.717) is 0 Å². The Kier molecular flexibility index (Phi) is 7.17. The maximum absolute atomic E-state index is 13.3. The van der Waals surface area contributed by atoms with E-state index in [1.165, 1.54) is 12.5 Å². The summed E-state index contributed by atoms with van der Waals surface area (Å²) in [4.78, 5) is 2.39. The third kappa shape index (κ3) is 4.88. The lowest BCUT2D eigenvalue weighted by atomic mass is 9.74. The van der Waals surface area contributed by atoms with Crippen molar-refractivity contribution >= 4 is 0 Å². The standard InChI is InChI=1S/C14H21FN2.C3H8/c1-14(12-3-2-4-13(15)11-12)5-8-17(9-6-14)10-7-16;1-3-2/h2-4,11H,5-10,16H2,1H3;3H2,1-2H3. The van der Waals surface area contributed by atoms with E-state index in [-0.39, 0.29) is 11.2 Å². The Hall–Kier alpha value is -0.930. The molecule has 0 aromatic heterocycles. The molecule has 0 radical (unpaired) electrons. The van der Waals surface area contributed by atoms with Crippen molar-refractivity contribution in [3.05, 3.63) is 35.6 Å². The van der Waals surface area contributed by atoms with Gasteiger partial charge in [-0.1, -0.05) is 39.3 Å². The van der Waals surface area contributed by atoms with Crippen molar-refractivity contribution in [1.29, 1.82) is 0 Å². The summed E-state index contributed by atoms with van der Waals surface area (Å²) in [6.45, 7) is 10.3. The van der Waals surface area contributed by atoms with Crippen molar-refractivity contribution in [3.8, 4) is 0 Å². The fraction of sp³-hybridized carbons (Fsp3) is 0.647. The van der Waals surface area contributed by atoms with E-state index in [1.54, 1.807) is 6.07 Å². The largest absolute Gasteiger partial charge is 0.329 e.